The van der Waals surface area contributed by atoms with Crippen molar-refractivity contribution in [2.45, 2.75) is 18.0 Å². The molecule has 4 rings (SSSR count). The van der Waals surface area contributed by atoms with Crippen LogP contribution in [0.3, 0.4) is 0 Å². The predicted octanol–water partition coefficient (Wildman–Crippen LogP) is 6.73. The molecule has 0 fully saturated rings. The van der Waals surface area contributed by atoms with Crippen LogP contribution in [0.1, 0.15) is 27.0 Å². The topological polar surface area (TPSA) is 83.6 Å². The van der Waals surface area contributed by atoms with Gasteiger partial charge in [-0.05, 0) is 55.5 Å². The number of nitrogens with zero attached hydrogens (tertiary/aromatic N) is 1. The Kier molecular flexibility index (Phi) is 8.32. The molecule has 0 bridgehead atoms. The van der Waals surface area contributed by atoms with Crippen molar-refractivity contribution < 1.29 is 31.2 Å². The first-order chi connectivity index (χ1) is 18.9. The Morgan fingerprint density at radius 3 is 2.20 bits per heavy atom. The highest BCUT2D eigenvalue weighted by Gasteiger charge is 2.33. The van der Waals surface area contributed by atoms with Crippen LogP contribution < -0.4 is 9.62 Å². The number of hydrogen-bond donors (Lipinski definition) is 1. The molecule has 0 aliphatic heterocycles. The van der Waals surface area contributed by atoms with E-state index in [0.717, 1.165) is 17.7 Å². The average Bonchev–Trinajstić information content (AvgIpc) is 2.92. The van der Waals surface area contributed by atoms with Gasteiger partial charge >= 0.3 is 6.18 Å². The molecule has 0 saturated heterocycles. The van der Waals surface area contributed by atoms with Crippen molar-refractivity contribution >= 4 is 44.7 Å². The van der Waals surface area contributed by atoms with E-state index in [-0.39, 0.29) is 26.9 Å². The molecule has 11 heteroatoms. The smallest absolute Gasteiger partial charge is 0.324 e. The second kappa shape index (κ2) is 11.5. The van der Waals surface area contributed by atoms with Gasteiger partial charge < -0.3 is 5.32 Å². The molecule has 6 nitrogen and oxygen atoms in total. The van der Waals surface area contributed by atoms with E-state index in [1.165, 1.54) is 48.5 Å². The van der Waals surface area contributed by atoms with Gasteiger partial charge in [-0.3, -0.25) is 13.9 Å². The first kappa shape index (κ1) is 28.8. The molecule has 4 aromatic rings. The number of amides is 1. The SMILES string of the molecule is Cc1ccc(S(=O)(=O)N(CC(=O)Nc2ccc(Cl)cc2C(=O)c2ccccc2)c2cccc(C(F)(F)F)c2)cc1. The van der Waals surface area contributed by atoms with Crippen molar-refractivity contribution in [1.82, 2.24) is 0 Å². The number of carbonyl (C=O) groups is 2. The lowest BCUT2D eigenvalue weighted by Gasteiger charge is -2.25. The molecule has 1 N–H and O–H groups in total. The number of aryl methyl sites for hydroxylation is 1. The Labute approximate surface area is 234 Å². The van der Waals surface area contributed by atoms with Gasteiger partial charge in [0.1, 0.15) is 6.54 Å². The minimum absolute atomic E-state index is 0.0547. The van der Waals surface area contributed by atoms with Crippen LogP contribution in [0, 0.1) is 6.92 Å². The van der Waals surface area contributed by atoms with Crippen LogP contribution in [0.2, 0.25) is 5.02 Å². The molecule has 0 unspecified atom stereocenters. The van der Waals surface area contributed by atoms with E-state index in [1.807, 2.05) is 0 Å². The van der Waals surface area contributed by atoms with E-state index < -0.39 is 40.0 Å². The summed E-state index contributed by atoms with van der Waals surface area (Å²) in [7, 11) is -4.48. The van der Waals surface area contributed by atoms with Crippen molar-refractivity contribution in [3.05, 3.63) is 124 Å². The summed E-state index contributed by atoms with van der Waals surface area (Å²) in [6.07, 6.45) is -4.74. The number of rotatable bonds is 8. The minimum atomic E-state index is -4.74. The zero-order valence-electron chi connectivity index (χ0n) is 20.9. The number of anilines is 2. The summed E-state index contributed by atoms with van der Waals surface area (Å²) in [6, 6.07) is 21.8. The van der Waals surface area contributed by atoms with Crippen LogP contribution >= 0.6 is 11.6 Å². The minimum Gasteiger partial charge on any atom is -0.324 e. The lowest BCUT2D eigenvalue weighted by atomic mass is 10.0. The molecule has 4 aromatic carbocycles. The largest absolute Gasteiger partial charge is 0.416 e. The third-order valence-electron chi connectivity index (χ3n) is 5.89. The normalized spacial score (nSPS) is 11.6. The molecule has 0 aromatic heterocycles. The maximum Gasteiger partial charge on any atom is 0.416 e. The fourth-order valence-electron chi connectivity index (χ4n) is 3.87. The highest BCUT2D eigenvalue weighted by atomic mass is 35.5. The molecule has 0 saturated carbocycles. The number of nitrogens with one attached hydrogen (secondary N) is 1. The van der Waals surface area contributed by atoms with E-state index in [0.29, 0.717) is 15.9 Å². The van der Waals surface area contributed by atoms with Crippen LogP contribution in [0.25, 0.3) is 0 Å². The van der Waals surface area contributed by atoms with E-state index >= 15 is 0 Å². The van der Waals surface area contributed by atoms with Gasteiger partial charge in [-0.2, -0.15) is 13.2 Å². The van der Waals surface area contributed by atoms with E-state index in [2.05, 4.69) is 5.32 Å². The zero-order valence-corrected chi connectivity index (χ0v) is 22.5. The number of halogens is 4. The third kappa shape index (κ3) is 6.52. The summed E-state index contributed by atoms with van der Waals surface area (Å²) in [5, 5.41) is 2.75. The first-order valence-electron chi connectivity index (χ1n) is 11.8. The van der Waals surface area contributed by atoms with Crippen molar-refractivity contribution in [2.75, 3.05) is 16.2 Å². The van der Waals surface area contributed by atoms with Crippen molar-refractivity contribution in [1.29, 1.82) is 0 Å². The van der Waals surface area contributed by atoms with Crippen LogP contribution in [0.15, 0.2) is 102 Å². The molecule has 0 atom stereocenters. The summed E-state index contributed by atoms with van der Waals surface area (Å²) < 4.78 is 68.1. The molecule has 0 radical (unpaired) electrons. The number of benzene rings is 4. The number of hydrogen-bond acceptors (Lipinski definition) is 4. The van der Waals surface area contributed by atoms with Crippen molar-refractivity contribution in [2.24, 2.45) is 0 Å². The van der Waals surface area contributed by atoms with Gasteiger partial charge in [0.05, 0.1) is 21.8 Å². The summed E-state index contributed by atoms with van der Waals surface area (Å²) in [5.41, 5.74) is -0.238. The van der Waals surface area contributed by atoms with Gasteiger partial charge in [0.15, 0.2) is 5.78 Å². The number of ketones is 1. The molecule has 0 spiro atoms. The van der Waals surface area contributed by atoms with Gasteiger partial charge in [-0.25, -0.2) is 8.42 Å². The van der Waals surface area contributed by atoms with Crippen LogP contribution in [-0.4, -0.2) is 26.7 Å². The van der Waals surface area contributed by atoms with Gasteiger partial charge in [-0.1, -0.05) is 65.7 Å². The van der Waals surface area contributed by atoms with Crippen LogP contribution in [-0.2, 0) is 21.0 Å². The fraction of sp³-hybridized carbons (Fsp3) is 0.103. The Balaban J connectivity index is 1.71. The molecule has 206 valence electrons. The standard InChI is InChI=1S/C29H22ClF3N2O4S/c1-19-10-13-24(14-11-19)40(38,39)35(23-9-5-8-21(16-23)29(31,32)33)18-27(36)34-26-15-12-22(30)17-25(26)28(37)20-6-3-2-4-7-20/h2-17H,18H2,1H3,(H,34,36). The Morgan fingerprint density at radius 1 is 0.875 bits per heavy atom. The zero-order chi connectivity index (χ0) is 29.1. The van der Waals surface area contributed by atoms with Gasteiger partial charge in [0.25, 0.3) is 10.0 Å². The van der Waals surface area contributed by atoms with Crippen LogP contribution in [0.4, 0.5) is 24.5 Å². The van der Waals surface area contributed by atoms with Crippen LogP contribution in [0.5, 0.6) is 0 Å². The second-order valence-electron chi connectivity index (χ2n) is 8.81. The summed E-state index contributed by atoms with van der Waals surface area (Å²) in [5.74, 6) is -1.34. The maximum absolute atomic E-state index is 13.6. The monoisotopic (exact) mass is 586 g/mol. The number of sulfonamides is 1. The van der Waals surface area contributed by atoms with Gasteiger partial charge in [0.2, 0.25) is 5.91 Å². The van der Waals surface area contributed by atoms with E-state index in [1.54, 1.807) is 37.3 Å². The Morgan fingerprint density at radius 2 is 1.55 bits per heavy atom. The third-order valence-corrected chi connectivity index (χ3v) is 7.92. The lowest BCUT2D eigenvalue weighted by Crippen LogP contribution is -2.38. The summed E-state index contributed by atoms with van der Waals surface area (Å²) in [6.45, 7) is 0.869. The highest BCUT2D eigenvalue weighted by molar-refractivity contribution is 7.92. The van der Waals surface area contributed by atoms with Crippen molar-refractivity contribution in [3.63, 3.8) is 0 Å². The van der Waals surface area contributed by atoms with Gasteiger partial charge in [0, 0.05) is 16.1 Å². The lowest BCUT2D eigenvalue weighted by molar-refractivity contribution is -0.137. The fourth-order valence-corrected chi connectivity index (χ4v) is 5.45. The second-order valence-corrected chi connectivity index (χ2v) is 11.1. The van der Waals surface area contributed by atoms with E-state index in [4.69, 9.17) is 11.6 Å². The number of alkyl halides is 3. The summed E-state index contributed by atoms with van der Waals surface area (Å²) in [4.78, 5) is 26.1. The molecule has 0 aliphatic rings. The Bertz CT molecular complexity index is 1660. The van der Waals surface area contributed by atoms with Gasteiger partial charge in [-0.15, -0.1) is 0 Å². The molecule has 0 aliphatic carbocycles. The van der Waals surface area contributed by atoms with E-state index in [9.17, 15) is 31.2 Å². The molecular weight excluding hydrogens is 565 g/mol. The highest BCUT2D eigenvalue weighted by Crippen LogP contribution is 2.33. The van der Waals surface area contributed by atoms with Crippen molar-refractivity contribution in [3.8, 4) is 0 Å². The predicted molar refractivity (Wildman–Crippen MR) is 147 cm³/mol. The average molecular weight is 587 g/mol. The first-order valence-corrected chi connectivity index (χ1v) is 13.6. The molecular formula is C29H22ClF3N2O4S. The quantitative estimate of drug-likeness (QED) is 0.232. The summed E-state index contributed by atoms with van der Waals surface area (Å²) >= 11 is 6.10. The molecule has 1 amide bonds. The molecule has 40 heavy (non-hydrogen) atoms. The maximum atomic E-state index is 13.6. The Hall–Kier alpha value is -4.15. The number of carbonyl (C=O) groups excluding carboxylic acids is 2. The molecule has 0 heterocycles.